The zero-order chi connectivity index (χ0) is 42.4. The maximum absolute atomic E-state index is 17.3. The van der Waals surface area contributed by atoms with E-state index in [-0.39, 0.29) is 61.2 Å². The summed E-state index contributed by atoms with van der Waals surface area (Å²) in [6.07, 6.45) is -18.5. The van der Waals surface area contributed by atoms with Crippen LogP contribution in [0.2, 0.25) is 0 Å². The minimum atomic E-state index is -6.84. The first kappa shape index (κ1) is 41.6. The van der Waals surface area contributed by atoms with Gasteiger partial charge in [0.15, 0.2) is 5.82 Å². The highest BCUT2D eigenvalue weighted by Gasteiger charge is 2.85. The summed E-state index contributed by atoms with van der Waals surface area (Å²) >= 11 is 0. The fourth-order valence-electron chi connectivity index (χ4n) is 9.77. The van der Waals surface area contributed by atoms with Crippen LogP contribution >= 0.6 is 0 Å². The molecule has 8 nitrogen and oxygen atoms in total. The third-order valence-corrected chi connectivity index (χ3v) is 12.9. The molecular weight excluding hydrogens is 805 g/mol. The Hall–Kier alpha value is -4.10. The molecule has 2 aromatic heterocycles. The normalized spacial score (nSPS) is 25.4. The molecule has 1 N–H and O–H groups in total. The van der Waals surface area contributed by atoms with Gasteiger partial charge in [0.25, 0.3) is 0 Å². The number of benzene rings is 2. The van der Waals surface area contributed by atoms with E-state index in [1.54, 1.807) is 36.1 Å². The van der Waals surface area contributed by atoms with E-state index in [1.807, 2.05) is 6.92 Å². The second-order valence-electron chi connectivity index (χ2n) is 16.3. The van der Waals surface area contributed by atoms with E-state index in [2.05, 4.69) is 26.9 Å². The van der Waals surface area contributed by atoms with Gasteiger partial charge < -0.3 is 19.7 Å². The maximum Gasteiger partial charge on any atom is 0.435 e. The minimum Gasteiger partial charge on any atom is -0.461 e. The number of nitrogens with one attached hydrogen (secondary N) is 1. The average molecular weight is 847 g/mol. The van der Waals surface area contributed by atoms with Crippen molar-refractivity contribution in [2.45, 2.75) is 107 Å². The molecule has 4 aliphatic heterocycles. The zero-order valence-electron chi connectivity index (χ0n) is 32.2. The van der Waals surface area contributed by atoms with Crippen molar-refractivity contribution in [2.75, 3.05) is 37.7 Å². The number of fused-ring (bicyclic) bond motifs is 4. The summed E-state index contributed by atoms with van der Waals surface area (Å²) in [5.41, 5.74) is -6.35. The summed E-state index contributed by atoms with van der Waals surface area (Å²) in [6, 6.07) is 6.59. The molecule has 0 spiro atoms. The van der Waals surface area contributed by atoms with Gasteiger partial charge in [0, 0.05) is 36.8 Å². The summed E-state index contributed by atoms with van der Waals surface area (Å²) in [4.78, 5) is 18.0. The quantitative estimate of drug-likeness (QED) is 0.176. The molecule has 59 heavy (non-hydrogen) atoms. The molecular formula is C40H41F11N6O2. The topological polar surface area (TPSA) is 75.6 Å². The highest BCUT2D eigenvalue weighted by atomic mass is 19.4. The fraction of sp³-hybridized carbons (Fsp3) is 0.575. The Morgan fingerprint density at radius 2 is 1.64 bits per heavy atom. The molecule has 4 aliphatic rings. The van der Waals surface area contributed by atoms with Gasteiger partial charge in [-0.1, -0.05) is 38.1 Å². The standard InChI is InChI=1S/C40H41F11N6O2/c1-4-23-17-56-28(16-52-23)20(2)15-27-30-33(31(42)32(53-27)25-8-5-7-22-9-10-26(41)21(3)29(22)25)54-35(55-34(30)56)58-19-36-12-6-14-57(36)24(11-13-36)18-59-37(38(43,44)45,39(46,47)48)40(49,50)51/h5,7-10,20,23-24,28,52H,4,6,11-19H2,1-3H3/t20-,23+,24-,28+,36-/m0/s1. The van der Waals surface area contributed by atoms with Crippen LogP contribution in [-0.2, 0) is 11.2 Å². The van der Waals surface area contributed by atoms with Crippen molar-refractivity contribution in [1.29, 1.82) is 0 Å². The summed E-state index contributed by atoms with van der Waals surface area (Å²) in [5.74, 6) is -0.903. The van der Waals surface area contributed by atoms with Gasteiger partial charge in [-0.2, -0.15) is 49.5 Å². The number of halogens is 11. The molecule has 3 saturated heterocycles. The van der Waals surface area contributed by atoms with E-state index >= 15 is 4.39 Å². The maximum atomic E-state index is 17.3. The molecule has 6 heterocycles. The van der Waals surface area contributed by atoms with Gasteiger partial charge in [-0.05, 0) is 80.3 Å². The zero-order valence-corrected chi connectivity index (χ0v) is 32.2. The third kappa shape index (κ3) is 6.64. The minimum absolute atomic E-state index is 0.00562. The predicted molar refractivity (Wildman–Crippen MR) is 195 cm³/mol. The van der Waals surface area contributed by atoms with E-state index in [0.29, 0.717) is 71.1 Å². The first-order valence-corrected chi connectivity index (χ1v) is 19.5. The Kier molecular flexibility index (Phi) is 10.2. The first-order chi connectivity index (χ1) is 27.7. The summed E-state index contributed by atoms with van der Waals surface area (Å²) < 4.78 is 165. The van der Waals surface area contributed by atoms with Crippen LogP contribution in [0.5, 0.6) is 6.01 Å². The van der Waals surface area contributed by atoms with Gasteiger partial charge in [0.05, 0.1) is 23.2 Å². The monoisotopic (exact) mass is 846 g/mol. The van der Waals surface area contributed by atoms with Crippen LogP contribution in [0.15, 0.2) is 30.3 Å². The lowest BCUT2D eigenvalue weighted by Crippen LogP contribution is -2.68. The van der Waals surface area contributed by atoms with Crippen LogP contribution in [-0.4, -0.2) is 100 Å². The Labute approximate surface area is 331 Å². The number of alkyl halides is 9. The number of nitrogens with zero attached hydrogens (tertiary/aromatic N) is 5. The molecule has 0 saturated carbocycles. The van der Waals surface area contributed by atoms with E-state index in [0.717, 1.165) is 6.42 Å². The van der Waals surface area contributed by atoms with Crippen LogP contribution in [0.1, 0.15) is 57.2 Å². The smallest absolute Gasteiger partial charge is 0.435 e. The van der Waals surface area contributed by atoms with Crippen molar-refractivity contribution in [3.8, 4) is 17.3 Å². The van der Waals surface area contributed by atoms with Crippen molar-refractivity contribution in [3.05, 3.63) is 53.2 Å². The number of aryl methyl sites for hydroxylation is 1. The van der Waals surface area contributed by atoms with Crippen LogP contribution < -0.4 is 15.0 Å². The van der Waals surface area contributed by atoms with Gasteiger partial charge in [-0.25, -0.2) is 13.8 Å². The van der Waals surface area contributed by atoms with E-state index in [1.165, 1.54) is 6.07 Å². The van der Waals surface area contributed by atoms with Crippen LogP contribution in [0.25, 0.3) is 32.9 Å². The Morgan fingerprint density at radius 3 is 2.34 bits per heavy atom. The molecule has 3 fully saturated rings. The molecule has 19 heteroatoms. The second-order valence-corrected chi connectivity index (χ2v) is 16.3. The average Bonchev–Trinajstić information content (AvgIpc) is 3.70. The number of hydrogen-bond donors (Lipinski definition) is 1. The van der Waals surface area contributed by atoms with Crippen molar-refractivity contribution in [2.24, 2.45) is 5.92 Å². The number of aromatic nitrogens is 3. The van der Waals surface area contributed by atoms with Crippen molar-refractivity contribution in [3.63, 3.8) is 0 Å². The molecule has 320 valence electrons. The number of pyridine rings is 1. The first-order valence-electron chi connectivity index (χ1n) is 19.5. The van der Waals surface area contributed by atoms with Gasteiger partial charge >= 0.3 is 30.1 Å². The molecule has 8 rings (SSSR count). The van der Waals surface area contributed by atoms with Crippen molar-refractivity contribution >= 4 is 27.5 Å². The number of rotatable bonds is 8. The van der Waals surface area contributed by atoms with E-state index < -0.39 is 54.0 Å². The van der Waals surface area contributed by atoms with Crippen LogP contribution in [0.3, 0.4) is 0 Å². The lowest BCUT2D eigenvalue weighted by Gasteiger charge is -2.42. The molecule has 0 unspecified atom stereocenters. The lowest BCUT2D eigenvalue weighted by molar-refractivity contribution is -0.458. The Bertz CT molecular complexity index is 2230. The molecule has 0 amide bonds. The third-order valence-electron chi connectivity index (χ3n) is 12.9. The molecule has 5 atom stereocenters. The van der Waals surface area contributed by atoms with E-state index in [9.17, 15) is 43.9 Å². The summed E-state index contributed by atoms with van der Waals surface area (Å²) in [7, 11) is 0. The summed E-state index contributed by atoms with van der Waals surface area (Å²) in [5, 5.41) is 5.10. The number of anilines is 1. The number of hydrogen-bond acceptors (Lipinski definition) is 8. The SMILES string of the molecule is CC[C@@H]1CN2c3nc(OC[C@@]45CCCN4[C@H](COC(C(F)(F)F)(C(F)(F)F)C(F)(F)F)CC5)nc4c(F)c(-c5cccc6ccc(F)c(C)c56)nc(c34)C[C@H](C)[C@H]2CN1. The molecule has 0 bridgehead atoms. The van der Waals surface area contributed by atoms with Crippen LogP contribution in [0.4, 0.5) is 54.1 Å². The fourth-order valence-corrected chi connectivity index (χ4v) is 9.77. The number of piperazine rings is 1. The molecule has 4 aromatic rings. The highest BCUT2D eigenvalue weighted by molar-refractivity contribution is 6.01. The predicted octanol–water partition coefficient (Wildman–Crippen LogP) is 9.00. The molecule has 0 radical (unpaired) electrons. The highest BCUT2D eigenvalue weighted by Crippen LogP contribution is 2.55. The van der Waals surface area contributed by atoms with Crippen molar-refractivity contribution < 1.29 is 57.8 Å². The second kappa shape index (κ2) is 14.5. The van der Waals surface area contributed by atoms with Gasteiger partial charge in [0.2, 0.25) is 0 Å². The van der Waals surface area contributed by atoms with Gasteiger partial charge in [0.1, 0.15) is 29.5 Å². The van der Waals surface area contributed by atoms with Crippen molar-refractivity contribution in [1.82, 2.24) is 25.2 Å². The largest absolute Gasteiger partial charge is 0.461 e. The number of ether oxygens (including phenoxy) is 2. The Morgan fingerprint density at radius 1 is 0.915 bits per heavy atom. The summed E-state index contributed by atoms with van der Waals surface area (Å²) in [6.45, 7) is 5.19. The van der Waals surface area contributed by atoms with Crippen LogP contribution in [0, 0.1) is 24.5 Å². The molecule has 2 aromatic carbocycles. The van der Waals surface area contributed by atoms with Gasteiger partial charge in [-0.3, -0.25) is 4.90 Å². The lowest BCUT2D eigenvalue weighted by atomic mass is 9.93. The van der Waals surface area contributed by atoms with Gasteiger partial charge in [-0.15, -0.1) is 0 Å². The van der Waals surface area contributed by atoms with E-state index in [4.69, 9.17) is 14.7 Å². The Balaban J connectivity index is 1.18. The molecule has 0 aliphatic carbocycles.